The van der Waals surface area contributed by atoms with Crippen molar-refractivity contribution in [3.8, 4) is 0 Å². The Morgan fingerprint density at radius 3 is 2.92 bits per heavy atom. The molecule has 1 N–H and O–H groups in total. The number of benzene rings is 1. The van der Waals surface area contributed by atoms with E-state index in [1.807, 2.05) is 18.2 Å². The smallest absolute Gasteiger partial charge is 0.0818 e. The minimum atomic E-state index is -0.241. The van der Waals surface area contributed by atoms with Gasteiger partial charge in [-0.3, -0.25) is 0 Å². The highest BCUT2D eigenvalue weighted by molar-refractivity contribution is 5.31. The zero-order chi connectivity index (χ0) is 8.55. The molecule has 0 aromatic heterocycles. The zero-order valence-electron chi connectivity index (χ0n) is 7.33. The topological polar surface area (TPSA) is 20.2 Å². The molecule has 0 heterocycles. The van der Waals surface area contributed by atoms with Gasteiger partial charge in [0.05, 0.1) is 6.10 Å². The fourth-order valence-corrected chi connectivity index (χ4v) is 1.90. The van der Waals surface area contributed by atoms with E-state index in [2.05, 4.69) is 13.0 Å². The summed E-state index contributed by atoms with van der Waals surface area (Å²) < 4.78 is 0. The average molecular weight is 162 g/mol. The van der Waals surface area contributed by atoms with Crippen molar-refractivity contribution in [3.05, 3.63) is 35.4 Å². The summed E-state index contributed by atoms with van der Waals surface area (Å²) in [5.41, 5.74) is 2.46. The summed E-state index contributed by atoms with van der Waals surface area (Å²) >= 11 is 0. The molecule has 0 bridgehead atoms. The normalized spacial score (nSPS) is 28.2. The first kappa shape index (κ1) is 7.81. The Bertz CT molecular complexity index is 280. The van der Waals surface area contributed by atoms with Crippen LogP contribution in [0, 0.1) is 5.92 Å². The Hall–Kier alpha value is -0.820. The first-order valence-corrected chi connectivity index (χ1v) is 4.55. The van der Waals surface area contributed by atoms with Crippen LogP contribution in [-0.4, -0.2) is 5.11 Å². The van der Waals surface area contributed by atoms with Crippen molar-refractivity contribution in [1.29, 1.82) is 0 Å². The SMILES string of the molecule is C[C@@H]1CCc2ccccc2[C@H]1O. The first-order valence-electron chi connectivity index (χ1n) is 4.55. The number of aliphatic hydroxyl groups excluding tert-OH is 1. The molecule has 1 aromatic carbocycles. The summed E-state index contributed by atoms with van der Waals surface area (Å²) in [4.78, 5) is 0. The molecule has 0 fully saturated rings. The predicted octanol–water partition coefficient (Wildman–Crippen LogP) is 2.30. The molecule has 12 heavy (non-hydrogen) atoms. The van der Waals surface area contributed by atoms with Gasteiger partial charge in [-0.15, -0.1) is 0 Å². The van der Waals surface area contributed by atoms with Crippen molar-refractivity contribution in [3.63, 3.8) is 0 Å². The Morgan fingerprint density at radius 2 is 2.08 bits per heavy atom. The molecule has 2 atom stereocenters. The van der Waals surface area contributed by atoms with Gasteiger partial charge in [0.25, 0.3) is 0 Å². The Morgan fingerprint density at radius 1 is 1.33 bits per heavy atom. The molecule has 1 heteroatoms. The van der Waals surface area contributed by atoms with Crippen LogP contribution >= 0.6 is 0 Å². The second-order valence-electron chi connectivity index (χ2n) is 3.66. The van der Waals surface area contributed by atoms with Gasteiger partial charge in [-0.25, -0.2) is 0 Å². The van der Waals surface area contributed by atoms with Crippen LogP contribution < -0.4 is 0 Å². The van der Waals surface area contributed by atoms with Gasteiger partial charge in [0.1, 0.15) is 0 Å². The van der Waals surface area contributed by atoms with Crippen molar-refractivity contribution >= 4 is 0 Å². The van der Waals surface area contributed by atoms with Crippen LogP contribution in [-0.2, 0) is 6.42 Å². The fraction of sp³-hybridized carbons (Fsp3) is 0.455. The molecular formula is C11H14O. The van der Waals surface area contributed by atoms with Crippen molar-refractivity contribution in [2.75, 3.05) is 0 Å². The largest absolute Gasteiger partial charge is 0.388 e. The van der Waals surface area contributed by atoms with Gasteiger partial charge in [0.15, 0.2) is 0 Å². The lowest BCUT2D eigenvalue weighted by Crippen LogP contribution is -2.17. The molecule has 0 saturated heterocycles. The fourth-order valence-electron chi connectivity index (χ4n) is 1.90. The van der Waals surface area contributed by atoms with Crippen LogP contribution in [0.3, 0.4) is 0 Å². The third-order valence-corrected chi connectivity index (χ3v) is 2.78. The Balaban J connectivity index is 2.42. The van der Waals surface area contributed by atoms with Crippen LogP contribution in [0.4, 0.5) is 0 Å². The molecule has 2 rings (SSSR count). The third-order valence-electron chi connectivity index (χ3n) is 2.78. The van der Waals surface area contributed by atoms with Crippen LogP contribution in [0.15, 0.2) is 24.3 Å². The van der Waals surface area contributed by atoms with E-state index < -0.39 is 0 Å². The number of hydrogen-bond acceptors (Lipinski definition) is 1. The van der Waals surface area contributed by atoms with E-state index in [0.717, 1.165) is 18.4 Å². The number of hydrogen-bond donors (Lipinski definition) is 1. The molecule has 64 valence electrons. The van der Waals surface area contributed by atoms with Crippen LogP contribution in [0.2, 0.25) is 0 Å². The Labute approximate surface area is 73.0 Å². The van der Waals surface area contributed by atoms with Crippen LogP contribution in [0.1, 0.15) is 30.6 Å². The summed E-state index contributed by atoms with van der Waals surface area (Å²) in [5, 5.41) is 9.83. The van der Waals surface area contributed by atoms with Crippen LogP contribution in [0.25, 0.3) is 0 Å². The van der Waals surface area contributed by atoms with Gasteiger partial charge in [-0.05, 0) is 29.9 Å². The average Bonchev–Trinajstić information content (AvgIpc) is 2.12. The van der Waals surface area contributed by atoms with E-state index in [-0.39, 0.29) is 6.10 Å². The standard InChI is InChI=1S/C11H14O/c1-8-6-7-9-4-2-3-5-10(9)11(8)12/h2-5,8,11-12H,6-7H2,1H3/t8-,11+/m1/s1. The third kappa shape index (κ3) is 1.14. The van der Waals surface area contributed by atoms with E-state index in [0.29, 0.717) is 5.92 Å². The Kier molecular flexibility index (Phi) is 1.89. The second kappa shape index (κ2) is 2.91. The zero-order valence-corrected chi connectivity index (χ0v) is 7.33. The minimum Gasteiger partial charge on any atom is -0.388 e. The molecule has 0 aliphatic heterocycles. The molecule has 0 saturated carbocycles. The maximum Gasteiger partial charge on any atom is 0.0818 e. The quantitative estimate of drug-likeness (QED) is 0.620. The highest BCUT2D eigenvalue weighted by Crippen LogP contribution is 2.33. The van der Waals surface area contributed by atoms with E-state index in [1.54, 1.807) is 0 Å². The van der Waals surface area contributed by atoms with E-state index >= 15 is 0 Å². The summed E-state index contributed by atoms with van der Waals surface area (Å²) in [7, 11) is 0. The summed E-state index contributed by atoms with van der Waals surface area (Å²) in [6.07, 6.45) is 1.99. The number of fused-ring (bicyclic) bond motifs is 1. The molecule has 1 aromatic rings. The predicted molar refractivity (Wildman–Crippen MR) is 48.9 cm³/mol. The molecule has 1 nitrogen and oxygen atoms in total. The lowest BCUT2D eigenvalue weighted by molar-refractivity contribution is 0.104. The van der Waals surface area contributed by atoms with Crippen molar-refractivity contribution in [1.82, 2.24) is 0 Å². The minimum absolute atomic E-state index is 0.241. The van der Waals surface area contributed by atoms with E-state index in [1.165, 1.54) is 5.56 Å². The summed E-state index contributed by atoms with van der Waals surface area (Å²) in [5.74, 6) is 0.417. The summed E-state index contributed by atoms with van der Waals surface area (Å²) in [6.45, 7) is 2.11. The lowest BCUT2D eigenvalue weighted by atomic mass is 9.83. The first-order chi connectivity index (χ1) is 5.79. The van der Waals surface area contributed by atoms with Gasteiger partial charge >= 0.3 is 0 Å². The van der Waals surface area contributed by atoms with Gasteiger partial charge in [0, 0.05) is 0 Å². The molecule has 1 aliphatic rings. The van der Waals surface area contributed by atoms with Crippen molar-refractivity contribution in [2.45, 2.75) is 25.9 Å². The molecule has 0 amide bonds. The van der Waals surface area contributed by atoms with Crippen LogP contribution in [0.5, 0.6) is 0 Å². The van der Waals surface area contributed by atoms with Gasteiger partial charge in [0.2, 0.25) is 0 Å². The highest BCUT2D eigenvalue weighted by atomic mass is 16.3. The van der Waals surface area contributed by atoms with Gasteiger partial charge in [-0.2, -0.15) is 0 Å². The van der Waals surface area contributed by atoms with E-state index in [4.69, 9.17) is 0 Å². The number of aryl methyl sites for hydroxylation is 1. The maximum atomic E-state index is 9.83. The van der Waals surface area contributed by atoms with E-state index in [9.17, 15) is 5.11 Å². The van der Waals surface area contributed by atoms with Crippen molar-refractivity contribution in [2.24, 2.45) is 5.92 Å². The highest BCUT2D eigenvalue weighted by Gasteiger charge is 2.23. The maximum absolute atomic E-state index is 9.83. The summed E-state index contributed by atoms with van der Waals surface area (Å²) in [6, 6.07) is 8.20. The molecule has 0 unspecified atom stereocenters. The molecule has 0 spiro atoms. The van der Waals surface area contributed by atoms with Crippen molar-refractivity contribution < 1.29 is 5.11 Å². The molecule has 0 radical (unpaired) electrons. The van der Waals surface area contributed by atoms with Gasteiger partial charge < -0.3 is 5.11 Å². The second-order valence-corrected chi connectivity index (χ2v) is 3.66. The molecule has 1 aliphatic carbocycles. The number of rotatable bonds is 0. The number of aliphatic hydroxyl groups is 1. The van der Waals surface area contributed by atoms with Gasteiger partial charge in [-0.1, -0.05) is 31.2 Å². The lowest BCUT2D eigenvalue weighted by Gasteiger charge is -2.27. The molecular weight excluding hydrogens is 148 g/mol. The monoisotopic (exact) mass is 162 g/mol.